The second-order valence-corrected chi connectivity index (χ2v) is 8.89. The van der Waals surface area contributed by atoms with E-state index in [-0.39, 0.29) is 28.8 Å². The molecular formula is C21H22N6O6S. The summed E-state index contributed by atoms with van der Waals surface area (Å²) in [6, 6.07) is 6.73. The van der Waals surface area contributed by atoms with Gasteiger partial charge in [0.15, 0.2) is 11.5 Å². The standard InChI is InChI=1S/C21H22N6O6S/c1-5-33-20(30)18-17(22)16(13(4)28)19(29)27(25-18)14-6-8-15(9-7-14)34(31,32)26-21-23-11(2)10-12(3)24-21/h6-10H,5,22H2,1-4H3,(H,23,24,26). The van der Waals surface area contributed by atoms with Crippen molar-refractivity contribution in [3.63, 3.8) is 0 Å². The molecule has 0 fully saturated rings. The van der Waals surface area contributed by atoms with Crippen LogP contribution in [0.4, 0.5) is 11.6 Å². The summed E-state index contributed by atoms with van der Waals surface area (Å²) in [5, 5.41) is 3.95. The van der Waals surface area contributed by atoms with E-state index in [2.05, 4.69) is 19.8 Å². The molecule has 0 radical (unpaired) electrons. The quantitative estimate of drug-likeness (QED) is 0.366. The number of hydrogen-bond donors (Lipinski definition) is 2. The molecule has 3 N–H and O–H groups in total. The SMILES string of the molecule is CCOC(=O)c1nn(-c2ccc(S(=O)(=O)Nc3nc(C)cc(C)n3)cc2)c(=O)c(C(C)=O)c1N. The van der Waals surface area contributed by atoms with Gasteiger partial charge in [-0.1, -0.05) is 0 Å². The fourth-order valence-electron chi connectivity index (χ4n) is 3.12. The highest BCUT2D eigenvalue weighted by Crippen LogP contribution is 2.19. The van der Waals surface area contributed by atoms with Crippen LogP contribution in [0.3, 0.4) is 0 Å². The highest BCUT2D eigenvalue weighted by molar-refractivity contribution is 7.92. The zero-order valence-electron chi connectivity index (χ0n) is 18.8. The maximum Gasteiger partial charge on any atom is 0.360 e. The first kappa shape index (κ1) is 24.5. The molecule has 0 amide bonds. The van der Waals surface area contributed by atoms with E-state index in [1.165, 1.54) is 24.3 Å². The number of ether oxygens (including phenoxy) is 1. The Morgan fingerprint density at radius 3 is 2.24 bits per heavy atom. The number of nitrogens with two attached hydrogens (primary N) is 1. The first-order valence-corrected chi connectivity index (χ1v) is 11.5. The van der Waals surface area contributed by atoms with Crippen molar-refractivity contribution in [1.29, 1.82) is 0 Å². The van der Waals surface area contributed by atoms with Crippen molar-refractivity contribution in [3.05, 3.63) is 63.3 Å². The molecule has 3 rings (SSSR count). The molecule has 0 spiro atoms. The second-order valence-electron chi connectivity index (χ2n) is 7.20. The molecule has 0 aliphatic rings. The Hall–Kier alpha value is -4.13. The van der Waals surface area contributed by atoms with Gasteiger partial charge in [0.05, 0.1) is 22.9 Å². The van der Waals surface area contributed by atoms with E-state index in [4.69, 9.17) is 10.5 Å². The molecule has 3 aromatic rings. The predicted molar refractivity (Wildman–Crippen MR) is 123 cm³/mol. The van der Waals surface area contributed by atoms with Crippen LogP contribution in [0.25, 0.3) is 5.69 Å². The van der Waals surface area contributed by atoms with Gasteiger partial charge in [0, 0.05) is 11.4 Å². The largest absolute Gasteiger partial charge is 0.461 e. The summed E-state index contributed by atoms with van der Waals surface area (Å²) < 4.78 is 33.5. The molecule has 178 valence electrons. The summed E-state index contributed by atoms with van der Waals surface area (Å²) in [6.45, 7) is 6.14. The fraction of sp³-hybridized carbons (Fsp3) is 0.238. The van der Waals surface area contributed by atoms with Crippen molar-refractivity contribution in [2.45, 2.75) is 32.6 Å². The van der Waals surface area contributed by atoms with Crippen LogP contribution < -0.4 is 16.0 Å². The van der Waals surface area contributed by atoms with E-state index in [1.54, 1.807) is 26.8 Å². The van der Waals surface area contributed by atoms with Gasteiger partial charge in [0.1, 0.15) is 5.56 Å². The predicted octanol–water partition coefficient (Wildman–Crippen LogP) is 1.40. The summed E-state index contributed by atoms with van der Waals surface area (Å²) in [5.41, 5.74) is 5.04. The van der Waals surface area contributed by atoms with Gasteiger partial charge in [-0.05, 0) is 58.0 Å². The molecule has 13 heteroatoms. The Balaban J connectivity index is 2.04. The number of esters is 1. The summed E-state index contributed by atoms with van der Waals surface area (Å²) in [7, 11) is -4.04. The molecule has 34 heavy (non-hydrogen) atoms. The van der Waals surface area contributed by atoms with E-state index < -0.39 is 38.6 Å². The minimum atomic E-state index is -4.04. The average Bonchev–Trinajstić information content (AvgIpc) is 2.73. The number of aromatic nitrogens is 4. The van der Waals surface area contributed by atoms with Crippen molar-refractivity contribution in [2.24, 2.45) is 0 Å². The normalized spacial score (nSPS) is 11.2. The molecule has 0 unspecified atom stereocenters. The van der Waals surface area contributed by atoms with Crippen molar-refractivity contribution in [1.82, 2.24) is 19.7 Å². The molecule has 2 heterocycles. The number of nitrogen functional groups attached to an aromatic ring is 1. The van der Waals surface area contributed by atoms with Gasteiger partial charge >= 0.3 is 5.97 Å². The smallest absolute Gasteiger partial charge is 0.360 e. The van der Waals surface area contributed by atoms with Gasteiger partial charge in [-0.15, -0.1) is 0 Å². The summed E-state index contributed by atoms with van der Waals surface area (Å²) >= 11 is 0. The molecule has 0 aliphatic heterocycles. The maximum absolute atomic E-state index is 12.9. The van der Waals surface area contributed by atoms with E-state index in [0.29, 0.717) is 11.4 Å². The number of anilines is 2. The second kappa shape index (κ2) is 9.39. The third kappa shape index (κ3) is 4.93. The Morgan fingerprint density at radius 2 is 1.71 bits per heavy atom. The monoisotopic (exact) mass is 486 g/mol. The van der Waals surface area contributed by atoms with E-state index >= 15 is 0 Å². The first-order chi connectivity index (χ1) is 15.9. The molecule has 0 bridgehead atoms. The van der Waals surface area contributed by atoms with E-state index in [0.717, 1.165) is 11.6 Å². The third-order valence-corrected chi connectivity index (χ3v) is 5.90. The average molecular weight is 487 g/mol. The van der Waals surface area contributed by atoms with E-state index in [9.17, 15) is 22.8 Å². The zero-order valence-corrected chi connectivity index (χ0v) is 19.6. The Bertz CT molecular complexity index is 1430. The lowest BCUT2D eigenvalue weighted by atomic mass is 10.1. The minimum absolute atomic E-state index is 0.0260. The fourth-order valence-corrected chi connectivity index (χ4v) is 4.07. The number of sulfonamides is 1. The van der Waals surface area contributed by atoms with Crippen LogP contribution in [0.15, 0.2) is 40.0 Å². The van der Waals surface area contributed by atoms with Crippen LogP contribution in [-0.4, -0.2) is 46.5 Å². The van der Waals surface area contributed by atoms with Gasteiger partial charge in [-0.25, -0.2) is 27.9 Å². The number of nitrogens with zero attached hydrogens (tertiary/aromatic N) is 4. The lowest BCUT2D eigenvalue weighted by Gasteiger charge is -2.13. The van der Waals surface area contributed by atoms with Gasteiger partial charge < -0.3 is 10.5 Å². The molecule has 0 saturated carbocycles. The topological polar surface area (TPSA) is 176 Å². The molecule has 1 aromatic carbocycles. The van der Waals surface area contributed by atoms with Crippen molar-refractivity contribution in [3.8, 4) is 5.69 Å². The Kier molecular flexibility index (Phi) is 6.77. The van der Waals surface area contributed by atoms with Gasteiger partial charge in [-0.3, -0.25) is 9.59 Å². The molecule has 2 aromatic heterocycles. The molecule has 0 atom stereocenters. The highest BCUT2D eigenvalue weighted by atomic mass is 32.2. The van der Waals surface area contributed by atoms with Crippen molar-refractivity contribution in [2.75, 3.05) is 17.1 Å². The van der Waals surface area contributed by atoms with Crippen molar-refractivity contribution < 1.29 is 22.7 Å². The number of benzene rings is 1. The number of carbonyl (C=O) groups is 2. The minimum Gasteiger partial charge on any atom is -0.461 e. The summed E-state index contributed by atoms with van der Waals surface area (Å²) in [5.74, 6) is -1.66. The molecule has 12 nitrogen and oxygen atoms in total. The maximum atomic E-state index is 12.9. The Morgan fingerprint density at radius 1 is 1.12 bits per heavy atom. The van der Waals surface area contributed by atoms with Crippen LogP contribution in [0.2, 0.25) is 0 Å². The highest BCUT2D eigenvalue weighted by Gasteiger charge is 2.24. The van der Waals surface area contributed by atoms with Gasteiger partial charge in [-0.2, -0.15) is 9.78 Å². The van der Waals surface area contributed by atoms with Crippen molar-refractivity contribution >= 4 is 33.4 Å². The van der Waals surface area contributed by atoms with E-state index in [1.807, 2.05) is 0 Å². The summed E-state index contributed by atoms with van der Waals surface area (Å²) in [6.07, 6.45) is 0. The number of nitrogens with one attached hydrogen (secondary N) is 1. The van der Waals surface area contributed by atoms with Gasteiger partial charge in [0.2, 0.25) is 5.95 Å². The lowest BCUT2D eigenvalue weighted by molar-refractivity contribution is 0.0518. The molecule has 0 aliphatic carbocycles. The number of rotatable bonds is 7. The third-order valence-electron chi connectivity index (χ3n) is 4.55. The first-order valence-electron chi connectivity index (χ1n) is 10.0. The lowest BCUT2D eigenvalue weighted by Crippen LogP contribution is -2.31. The van der Waals surface area contributed by atoms with Gasteiger partial charge in [0.25, 0.3) is 15.6 Å². The van der Waals surface area contributed by atoms with Crippen LogP contribution in [0, 0.1) is 13.8 Å². The number of hydrogen-bond acceptors (Lipinski definition) is 10. The number of Topliss-reactive ketones (excluding diaryl/α,β-unsaturated/α-hetero) is 1. The molecular weight excluding hydrogens is 464 g/mol. The molecule has 0 saturated heterocycles. The van der Waals surface area contributed by atoms with Crippen LogP contribution >= 0.6 is 0 Å². The van der Waals surface area contributed by atoms with Crippen LogP contribution in [0.1, 0.15) is 46.1 Å². The number of carbonyl (C=O) groups excluding carboxylic acids is 2. The number of ketones is 1. The van der Waals surface area contributed by atoms with Crippen LogP contribution in [-0.2, 0) is 14.8 Å². The van der Waals surface area contributed by atoms with Crippen LogP contribution in [0.5, 0.6) is 0 Å². The summed E-state index contributed by atoms with van der Waals surface area (Å²) in [4.78, 5) is 45.1. The zero-order chi connectivity index (χ0) is 25.2. The Labute approximate surface area is 194 Å². The number of aryl methyl sites for hydroxylation is 2.